The van der Waals surface area contributed by atoms with Gasteiger partial charge in [-0.1, -0.05) is 85.6 Å². The van der Waals surface area contributed by atoms with Crippen LogP contribution in [0, 0.1) is 18.8 Å². The number of pyridine rings is 1. The summed E-state index contributed by atoms with van der Waals surface area (Å²) in [5, 5.41) is 4.23. The fourth-order valence-corrected chi connectivity index (χ4v) is 8.58. The fraction of sp³-hybridized carbons (Fsp3) is 0.0952. The third kappa shape index (κ3) is 5.62. The maximum atomic E-state index is 6.56. The van der Waals surface area contributed by atoms with Gasteiger partial charge >= 0.3 is 0 Å². The molecule has 0 N–H and O–H groups in total. The van der Waals surface area contributed by atoms with Crippen LogP contribution in [0.1, 0.15) is 26.3 Å². The van der Waals surface area contributed by atoms with E-state index in [9.17, 15) is 0 Å². The Morgan fingerprint density at radius 2 is 1.47 bits per heavy atom. The minimum Gasteiger partial charge on any atom is -0.493 e. The van der Waals surface area contributed by atoms with E-state index in [1.54, 1.807) is 11.3 Å². The van der Waals surface area contributed by atoms with Gasteiger partial charge in [0, 0.05) is 60.5 Å². The van der Waals surface area contributed by atoms with Gasteiger partial charge in [-0.25, -0.2) is 0 Å². The molecule has 0 bridgehead atoms. The van der Waals surface area contributed by atoms with E-state index in [-0.39, 0.29) is 26.5 Å². The van der Waals surface area contributed by atoms with E-state index >= 15 is 0 Å². The van der Waals surface area contributed by atoms with E-state index in [4.69, 9.17) is 9.72 Å². The molecule has 5 aromatic carbocycles. The van der Waals surface area contributed by atoms with Crippen molar-refractivity contribution in [1.29, 1.82) is 0 Å². The van der Waals surface area contributed by atoms with Gasteiger partial charge in [0.05, 0.1) is 0 Å². The first-order valence-electron chi connectivity index (χ1n) is 16.0. The number of hydrogen-bond acceptors (Lipinski definition) is 6. The summed E-state index contributed by atoms with van der Waals surface area (Å²) in [5.41, 5.74) is 7.54. The molecule has 244 valence electrons. The third-order valence-corrected chi connectivity index (χ3v) is 10.9. The van der Waals surface area contributed by atoms with Gasteiger partial charge in [0.25, 0.3) is 0 Å². The molecule has 7 heteroatoms. The van der Waals surface area contributed by atoms with Crippen molar-refractivity contribution >= 4 is 75.7 Å². The number of thiophene rings is 2. The van der Waals surface area contributed by atoms with Crippen LogP contribution in [0.5, 0.6) is 10.8 Å². The SMILES string of the molecule is CC(C)(C)c1ccnc(-c2c3[c-]c(Oc4[c-]c(N5[CH-]N(c6ccccc6)c6ccccc65)ccc4)sc3cc3c2sc2ccccc23)c1.[Pt]. The second kappa shape index (κ2) is 12.4. The van der Waals surface area contributed by atoms with Crippen LogP contribution in [0.2, 0.25) is 0 Å². The summed E-state index contributed by atoms with van der Waals surface area (Å²) in [6, 6.07) is 47.3. The van der Waals surface area contributed by atoms with E-state index in [1.807, 2.05) is 35.7 Å². The number of anilines is 4. The zero-order valence-electron chi connectivity index (χ0n) is 27.0. The molecule has 1 aliphatic heterocycles. The van der Waals surface area contributed by atoms with Gasteiger partial charge in [0.15, 0.2) is 0 Å². The van der Waals surface area contributed by atoms with E-state index in [1.165, 1.54) is 25.7 Å². The largest absolute Gasteiger partial charge is 0.493 e. The Morgan fingerprint density at radius 3 is 2.29 bits per heavy atom. The summed E-state index contributed by atoms with van der Waals surface area (Å²) in [6.45, 7) is 8.84. The Morgan fingerprint density at radius 1 is 0.714 bits per heavy atom. The number of para-hydroxylation sites is 3. The summed E-state index contributed by atoms with van der Waals surface area (Å²) in [4.78, 5) is 9.29. The molecule has 0 unspecified atom stereocenters. The van der Waals surface area contributed by atoms with Crippen LogP contribution in [-0.4, -0.2) is 4.98 Å². The Bertz CT molecular complexity index is 2480. The van der Waals surface area contributed by atoms with E-state index < -0.39 is 0 Å². The summed E-state index contributed by atoms with van der Waals surface area (Å²) in [7, 11) is 0. The van der Waals surface area contributed by atoms with Gasteiger partial charge in [0.2, 0.25) is 0 Å². The molecule has 9 rings (SSSR count). The Labute approximate surface area is 308 Å². The van der Waals surface area contributed by atoms with E-state index in [0.717, 1.165) is 44.1 Å². The first-order valence-corrected chi connectivity index (χ1v) is 17.6. The number of rotatable bonds is 5. The fourth-order valence-electron chi connectivity index (χ4n) is 6.42. The molecule has 3 aromatic heterocycles. The van der Waals surface area contributed by atoms with Crippen molar-refractivity contribution in [3.8, 4) is 22.1 Å². The van der Waals surface area contributed by atoms with Crippen LogP contribution in [0.4, 0.5) is 22.7 Å². The standard InChI is InChI=1S/C42H30N3OS2.Pt/c1-42(2,3)27-20-21-43-34(22-27)40-33-25-39(47-38(33)24-32-31-16-7-10-19-37(31)48-41(32)40)46-30-15-11-14-29(23-30)45-26-44(28-12-5-4-6-13-28)35-17-8-9-18-36(35)45;/h4-22,24,26H,1-3H3;/q-3;. The Hall–Kier alpha value is -4.48. The molecule has 1 aliphatic rings. The van der Waals surface area contributed by atoms with Gasteiger partial charge in [-0.3, -0.25) is 4.98 Å². The average molecular weight is 852 g/mol. The average Bonchev–Trinajstić information content (AvgIpc) is 3.80. The minimum atomic E-state index is 0. The smallest absolute Gasteiger partial charge is 0.107 e. The maximum absolute atomic E-state index is 6.56. The molecule has 0 radical (unpaired) electrons. The number of ether oxygens (including phenoxy) is 1. The molecule has 4 nitrogen and oxygen atoms in total. The predicted octanol–water partition coefficient (Wildman–Crippen LogP) is 12.4. The van der Waals surface area contributed by atoms with Gasteiger partial charge in [0.1, 0.15) is 5.06 Å². The van der Waals surface area contributed by atoms with Crippen molar-refractivity contribution in [2.75, 3.05) is 9.80 Å². The number of nitrogens with zero attached hydrogens (tertiary/aromatic N) is 3. The molecule has 0 spiro atoms. The van der Waals surface area contributed by atoms with Crippen LogP contribution in [-0.2, 0) is 26.5 Å². The summed E-state index contributed by atoms with van der Waals surface area (Å²) < 4.78 is 10.2. The third-order valence-electron chi connectivity index (χ3n) is 8.83. The van der Waals surface area contributed by atoms with E-state index in [0.29, 0.717) is 10.8 Å². The second-order valence-corrected chi connectivity index (χ2v) is 15.0. The Kier molecular flexibility index (Phi) is 8.07. The van der Waals surface area contributed by atoms with Gasteiger partial charge in [-0.15, -0.1) is 48.0 Å². The van der Waals surface area contributed by atoms with E-state index in [2.05, 4.69) is 146 Å². The number of benzene rings is 5. The van der Waals surface area contributed by atoms with Crippen LogP contribution in [0.25, 0.3) is 41.5 Å². The van der Waals surface area contributed by atoms with Gasteiger partial charge in [-0.2, -0.15) is 22.8 Å². The molecule has 0 saturated heterocycles. The molecule has 8 aromatic rings. The van der Waals surface area contributed by atoms with Crippen molar-refractivity contribution in [2.24, 2.45) is 0 Å². The molecule has 49 heavy (non-hydrogen) atoms. The normalized spacial score (nSPS) is 12.9. The molecule has 0 fully saturated rings. The molecule has 0 saturated carbocycles. The molecule has 0 atom stereocenters. The van der Waals surface area contributed by atoms with Crippen LogP contribution in [0.15, 0.2) is 121 Å². The molecular weight excluding hydrogens is 822 g/mol. The Balaban J connectivity index is 0.00000348. The van der Waals surface area contributed by atoms with Crippen molar-refractivity contribution in [2.45, 2.75) is 26.2 Å². The maximum Gasteiger partial charge on any atom is 0.107 e. The first kappa shape index (κ1) is 31.8. The van der Waals surface area contributed by atoms with Gasteiger partial charge < -0.3 is 14.5 Å². The molecule has 0 aliphatic carbocycles. The molecule has 4 heterocycles. The molecular formula is C42H30N3OPtS2-3. The summed E-state index contributed by atoms with van der Waals surface area (Å²) in [6.07, 6.45) is 1.94. The van der Waals surface area contributed by atoms with Gasteiger partial charge in [-0.05, 0) is 68.9 Å². The van der Waals surface area contributed by atoms with Crippen molar-refractivity contribution in [3.63, 3.8) is 0 Å². The van der Waals surface area contributed by atoms with Crippen LogP contribution >= 0.6 is 22.7 Å². The summed E-state index contributed by atoms with van der Waals surface area (Å²) in [5.74, 6) is 0.640. The minimum absolute atomic E-state index is 0. The number of aromatic nitrogens is 1. The summed E-state index contributed by atoms with van der Waals surface area (Å²) >= 11 is 3.43. The van der Waals surface area contributed by atoms with Crippen LogP contribution in [0.3, 0.4) is 0 Å². The topological polar surface area (TPSA) is 28.6 Å². The zero-order valence-corrected chi connectivity index (χ0v) is 30.9. The monoisotopic (exact) mass is 851 g/mol. The van der Waals surface area contributed by atoms with Crippen LogP contribution < -0.4 is 14.5 Å². The predicted molar refractivity (Wildman–Crippen MR) is 202 cm³/mol. The number of fused-ring (bicyclic) bond motifs is 5. The first-order chi connectivity index (χ1) is 23.4. The molecule has 0 amide bonds. The number of hydrogen-bond donors (Lipinski definition) is 0. The van der Waals surface area contributed by atoms with Crippen molar-refractivity contribution in [3.05, 3.63) is 146 Å². The zero-order chi connectivity index (χ0) is 32.4. The second-order valence-electron chi connectivity index (χ2n) is 13.0. The van der Waals surface area contributed by atoms with Crippen molar-refractivity contribution in [1.82, 2.24) is 4.98 Å². The quantitative estimate of drug-likeness (QED) is 0.161. The van der Waals surface area contributed by atoms with Crippen molar-refractivity contribution < 1.29 is 25.8 Å².